The number of aromatic nitrogens is 1. The van der Waals surface area contributed by atoms with Gasteiger partial charge in [0.25, 0.3) is 5.91 Å². The molecule has 0 radical (unpaired) electrons. The summed E-state index contributed by atoms with van der Waals surface area (Å²) in [6, 6.07) is 11.6. The Bertz CT molecular complexity index is 1130. The lowest BCUT2D eigenvalue weighted by atomic mass is 10.2. The average molecular weight is 470 g/mol. The van der Waals surface area contributed by atoms with E-state index in [1.54, 1.807) is 12.0 Å². The lowest BCUT2D eigenvalue weighted by Crippen LogP contribution is -2.36. The summed E-state index contributed by atoms with van der Waals surface area (Å²) < 4.78 is 29.7. The molecule has 0 bridgehead atoms. The van der Waals surface area contributed by atoms with Gasteiger partial charge in [-0.2, -0.15) is 0 Å². The zero-order chi connectivity index (χ0) is 21.2. The molecule has 0 atom stereocenters. The van der Waals surface area contributed by atoms with Gasteiger partial charge in [0.2, 0.25) is 0 Å². The number of hydrogen-bond acceptors (Lipinski definition) is 7. The minimum absolute atomic E-state index is 0. The molecule has 0 unspecified atom stereocenters. The highest BCUT2D eigenvalue weighted by Gasteiger charge is 2.22. The van der Waals surface area contributed by atoms with E-state index in [0.29, 0.717) is 35.1 Å². The number of carbonyl (C=O) groups excluding carboxylic acids is 1. The molecule has 30 heavy (non-hydrogen) atoms. The first-order chi connectivity index (χ1) is 13.7. The van der Waals surface area contributed by atoms with Crippen LogP contribution < -0.4 is 9.64 Å². The van der Waals surface area contributed by atoms with Crippen molar-refractivity contribution < 1.29 is 17.9 Å². The number of ether oxygens (including phenoxy) is 1. The number of sulfone groups is 1. The minimum atomic E-state index is -3.32. The number of thiazole rings is 1. The van der Waals surface area contributed by atoms with Gasteiger partial charge in [0, 0.05) is 24.9 Å². The number of amides is 1. The molecule has 0 saturated carbocycles. The second-order valence-corrected chi connectivity index (χ2v) is 9.88. The quantitative estimate of drug-likeness (QED) is 0.528. The predicted octanol–water partition coefficient (Wildman–Crippen LogP) is 3.34. The van der Waals surface area contributed by atoms with Crippen molar-refractivity contribution in [2.24, 2.45) is 0 Å². The number of nitrogens with zero attached hydrogens (tertiary/aromatic N) is 3. The summed E-state index contributed by atoms with van der Waals surface area (Å²) in [5.74, 6) is 0.424. The molecule has 0 aliphatic carbocycles. The normalized spacial score (nSPS) is 11.4. The molecule has 162 valence electrons. The molecule has 10 heteroatoms. The summed E-state index contributed by atoms with van der Waals surface area (Å²) in [5, 5.41) is 0.573. The molecular formula is C20H24ClN3O4S2. The molecule has 3 aromatic rings. The van der Waals surface area contributed by atoms with Crippen molar-refractivity contribution in [1.29, 1.82) is 0 Å². The SMILES string of the molecule is COc1cccc2sc(N(CCN(C)C)C(=O)c3ccc(S(C)(=O)=O)cc3)nc12.Cl. The molecule has 0 aliphatic heterocycles. The topological polar surface area (TPSA) is 79.8 Å². The Balaban J connectivity index is 0.00000320. The maximum atomic E-state index is 13.2. The third-order valence-electron chi connectivity index (χ3n) is 4.37. The van der Waals surface area contributed by atoms with Crippen LogP contribution in [0.1, 0.15) is 10.4 Å². The Hall–Kier alpha value is -2.20. The third-order valence-corrected chi connectivity index (χ3v) is 6.54. The van der Waals surface area contributed by atoms with Gasteiger partial charge >= 0.3 is 0 Å². The van der Waals surface area contributed by atoms with Crippen LogP contribution in [0.15, 0.2) is 47.4 Å². The van der Waals surface area contributed by atoms with Gasteiger partial charge in [-0.05, 0) is 50.5 Å². The van der Waals surface area contributed by atoms with Crippen LogP contribution in [0.2, 0.25) is 0 Å². The fourth-order valence-electron chi connectivity index (χ4n) is 2.78. The molecule has 7 nitrogen and oxygen atoms in total. The Morgan fingerprint density at radius 1 is 1.10 bits per heavy atom. The van der Waals surface area contributed by atoms with Gasteiger partial charge < -0.3 is 9.64 Å². The second kappa shape index (κ2) is 9.74. The van der Waals surface area contributed by atoms with Gasteiger partial charge in [0.1, 0.15) is 11.3 Å². The fourth-order valence-corrected chi connectivity index (χ4v) is 4.41. The van der Waals surface area contributed by atoms with E-state index in [-0.39, 0.29) is 23.2 Å². The zero-order valence-electron chi connectivity index (χ0n) is 17.2. The van der Waals surface area contributed by atoms with E-state index in [0.717, 1.165) is 11.0 Å². The van der Waals surface area contributed by atoms with Crippen molar-refractivity contribution in [3.8, 4) is 5.75 Å². The third kappa shape index (κ3) is 5.28. The number of halogens is 1. The van der Waals surface area contributed by atoms with E-state index in [2.05, 4.69) is 4.98 Å². The van der Waals surface area contributed by atoms with Crippen molar-refractivity contribution in [3.05, 3.63) is 48.0 Å². The standard InChI is InChI=1S/C20H23N3O4S2.ClH/c1-22(2)12-13-23(19(24)14-8-10-15(11-9-14)29(4,25)26)20-21-18-16(27-3)6-5-7-17(18)28-20;/h5-11H,12-13H2,1-4H3;1H. The molecule has 1 aromatic heterocycles. The monoisotopic (exact) mass is 469 g/mol. The van der Waals surface area contributed by atoms with Crippen LogP contribution >= 0.6 is 23.7 Å². The molecule has 1 heterocycles. The van der Waals surface area contributed by atoms with Gasteiger partial charge in [0.05, 0.1) is 16.7 Å². The van der Waals surface area contributed by atoms with Crippen molar-refractivity contribution in [2.45, 2.75) is 4.90 Å². The predicted molar refractivity (Wildman–Crippen MR) is 123 cm³/mol. The summed E-state index contributed by atoms with van der Waals surface area (Å²) in [5.41, 5.74) is 1.12. The van der Waals surface area contributed by atoms with Gasteiger partial charge in [-0.15, -0.1) is 12.4 Å². The van der Waals surface area contributed by atoms with Crippen LogP contribution in [-0.4, -0.2) is 64.8 Å². The molecule has 0 N–H and O–H groups in total. The van der Waals surface area contributed by atoms with E-state index >= 15 is 0 Å². The Kier molecular flexibility index (Phi) is 7.81. The summed E-state index contributed by atoms with van der Waals surface area (Å²) in [4.78, 5) is 21.7. The summed E-state index contributed by atoms with van der Waals surface area (Å²) in [6.45, 7) is 1.10. The van der Waals surface area contributed by atoms with E-state index in [1.807, 2.05) is 37.2 Å². The van der Waals surface area contributed by atoms with Gasteiger partial charge in [-0.3, -0.25) is 9.69 Å². The van der Waals surface area contributed by atoms with E-state index in [9.17, 15) is 13.2 Å². The van der Waals surface area contributed by atoms with Crippen molar-refractivity contribution in [3.63, 3.8) is 0 Å². The zero-order valence-corrected chi connectivity index (χ0v) is 19.6. The van der Waals surface area contributed by atoms with Crippen molar-refractivity contribution >= 4 is 54.8 Å². The molecule has 2 aromatic carbocycles. The number of benzene rings is 2. The van der Waals surface area contributed by atoms with Crippen molar-refractivity contribution in [1.82, 2.24) is 9.88 Å². The first kappa shape index (κ1) is 24.1. The lowest BCUT2D eigenvalue weighted by Gasteiger charge is -2.22. The number of hydrogen-bond donors (Lipinski definition) is 0. The Labute approximate surface area is 186 Å². The summed E-state index contributed by atoms with van der Waals surface area (Å²) >= 11 is 1.42. The maximum absolute atomic E-state index is 13.2. The molecule has 0 aliphatic rings. The second-order valence-electron chi connectivity index (χ2n) is 6.86. The fraction of sp³-hybridized carbons (Fsp3) is 0.300. The van der Waals surface area contributed by atoms with Crippen LogP contribution in [0.4, 0.5) is 5.13 Å². The summed E-state index contributed by atoms with van der Waals surface area (Å²) in [6.07, 6.45) is 1.14. The molecule has 1 amide bonds. The number of methoxy groups -OCH3 is 1. The van der Waals surface area contributed by atoms with Crippen LogP contribution in [0.25, 0.3) is 10.2 Å². The number of fused-ring (bicyclic) bond motifs is 1. The molecular weight excluding hydrogens is 446 g/mol. The Morgan fingerprint density at radius 2 is 1.77 bits per heavy atom. The highest BCUT2D eigenvalue weighted by Crippen LogP contribution is 2.34. The Morgan fingerprint density at radius 3 is 2.33 bits per heavy atom. The number of carbonyl (C=O) groups is 1. The van der Waals surface area contributed by atoms with Crippen LogP contribution in [0.3, 0.4) is 0 Å². The molecule has 0 spiro atoms. The molecule has 0 saturated heterocycles. The van der Waals surface area contributed by atoms with Crippen LogP contribution in [-0.2, 0) is 9.84 Å². The number of rotatable bonds is 7. The number of likely N-dealkylation sites (N-methyl/N-ethyl adjacent to an activating group) is 1. The summed E-state index contributed by atoms with van der Waals surface area (Å²) in [7, 11) is 2.14. The van der Waals surface area contributed by atoms with E-state index < -0.39 is 9.84 Å². The molecule has 3 rings (SSSR count). The van der Waals surface area contributed by atoms with Gasteiger partial charge in [-0.1, -0.05) is 17.4 Å². The smallest absolute Gasteiger partial charge is 0.260 e. The first-order valence-corrected chi connectivity index (χ1v) is 11.6. The maximum Gasteiger partial charge on any atom is 0.260 e. The van der Waals surface area contributed by atoms with Crippen LogP contribution in [0, 0.1) is 0 Å². The minimum Gasteiger partial charge on any atom is -0.494 e. The largest absolute Gasteiger partial charge is 0.494 e. The first-order valence-electron chi connectivity index (χ1n) is 8.91. The number of anilines is 1. The van der Waals surface area contributed by atoms with Gasteiger partial charge in [0.15, 0.2) is 15.0 Å². The van der Waals surface area contributed by atoms with E-state index in [4.69, 9.17) is 4.74 Å². The highest BCUT2D eigenvalue weighted by atomic mass is 35.5. The average Bonchev–Trinajstić information content (AvgIpc) is 3.11. The van der Waals surface area contributed by atoms with E-state index in [1.165, 1.54) is 35.6 Å². The van der Waals surface area contributed by atoms with Crippen molar-refractivity contribution in [2.75, 3.05) is 45.5 Å². The van der Waals surface area contributed by atoms with Gasteiger partial charge in [-0.25, -0.2) is 13.4 Å². The molecule has 0 fully saturated rings. The number of para-hydroxylation sites is 1. The highest BCUT2D eigenvalue weighted by molar-refractivity contribution is 7.90. The lowest BCUT2D eigenvalue weighted by molar-refractivity contribution is 0.0985. The van der Waals surface area contributed by atoms with Crippen LogP contribution in [0.5, 0.6) is 5.75 Å².